The van der Waals surface area contributed by atoms with Gasteiger partial charge in [-0.05, 0) is 25.8 Å². The summed E-state index contributed by atoms with van der Waals surface area (Å²) in [6.07, 6.45) is 2.48. The first kappa shape index (κ1) is 18.0. The van der Waals surface area contributed by atoms with Gasteiger partial charge >= 0.3 is 0 Å². The summed E-state index contributed by atoms with van der Waals surface area (Å²) in [7, 11) is 0. The summed E-state index contributed by atoms with van der Waals surface area (Å²) in [6.45, 7) is 8.86. The molecule has 0 atom stereocenters. The highest BCUT2D eigenvalue weighted by atomic mass is 16.5. The molecule has 6 nitrogen and oxygen atoms in total. The van der Waals surface area contributed by atoms with E-state index in [0.29, 0.717) is 19.2 Å². The van der Waals surface area contributed by atoms with Crippen molar-refractivity contribution in [2.45, 2.75) is 32.4 Å². The number of hydrogen-bond acceptors (Lipinski definition) is 4. The van der Waals surface area contributed by atoms with Crippen molar-refractivity contribution < 1.29 is 9.47 Å². The van der Waals surface area contributed by atoms with Crippen LogP contribution in [0.2, 0.25) is 0 Å². The Balaban J connectivity index is 1.52. The molecule has 2 N–H and O–H groups in total. The molecular weight excluding hydrogens is 316 g/mol. The summed E-state index contributed by atoms with van der Waals surface area (Å²) < 4.78 is 11.4. The molecule has 0 radical (unpaired) electrons. The molecule has 1 saturated carbocycles. The summed E-state index contributed by atoms with van der Waals surface area (Å²) in [5.41, 5.74) is 1.12. The number of ether oxygens (including phenoxy) is 2. The zero-order chi connectivity index (χ0) is 17.3. The lowest BCUT2D eigenvalue weighted by Gasteiger charge is -2.26. The van der Waals surface area contributed by atoms with Crippen LogP contribution < -0.4 is 15.4 Å². The van der Waals surface area contributed by atoms with Gasteiger partial charge in [-0.2, -0.15) is 0 Å². The van der Waals surface area contributed by atoms with Gasteiger partial charge in [-0.15, -0.1) is 0 Å². The third kappa shape index (κ3) is 6.21. The molecule has 6 heteroatoms. The van der Waals surface area contributed by atoms with E-state index >= 15 is 0 Å². The smallest absolute Gasteiger partial charge is 0.191 e. The van der Waals surface area contributed by atoms with Gasteiger partial charge in [0.25, 0.3) is 0 Å². The number of benzene rings is 1. The van der Waals surface area contributed by atoms with Crippen molar-refractivity contribution in [1.82, 2.24) is 15.5 Å². The molecule has 0 aromatic heterocycles. The van der Waals surface area contributed by atoms with Gasteiger partial charge in [-0.1, -0.05) is 18.2 Å². The normalized spacial score (nSPS) is 18.8. The SMILES string of the molecule is CCNC(=NCc1ccccc1OCCN1CCOCC1)NC1CC1. The third-order valence-electron chi connectivity index (χ3n) is 4.41. The molecule has 0 amide bonds. The number of rotatable bonds is 8. The van der Waals surface area contributed by atoms with Crippen molar-refractivity contribution in [2.75, 3.05) is 46.0 Å². The predicted molar refractivity (Wildman–Crippen MR) is 100 cm³/mol. The molecule has 138 valence electrons. The first-order chi connectivity index (χ1) is 12.3. The van der Waals surface area contributed by atoms with Gasteiger partial charge < -0.3 is 20.1 Å². The van der Waals surface area contributed by atoms with Crippen molar-refractivity contribution >= 4 is 5.96 Å². The van der Waals surface area contributed by atoms with Gasteiger partial charge in [-0.3, -0.25) is 4.90 Å². The van der Waals surface area contributed by atoms with Crippen LogP contribution in [0.3, 0.4) is 0 Å². The molecule has 1 aromatic carbocycles. The molecule has 0 unspecified atom stereocenters. The lowest BCUT2D eigenvalue weighted by molar-refractivity contribution is 0.0322. The van der Waals surface area contributed by atoms with E-state index in [1.807, 2.05) is 18.2 Å². The molecular formula is C19H30N4O2. The number of hydrogen-bond donors (Lipinski definition) is 2. The van der Waals surface area contributed by atoms with E-state index < -0.39 is 0 Å². The van der Waals surface area contributed by atoms with Crippen LogP contribution >= 0.6 is 0 Å². The van der Waals surface area contributed by atoms with Gasteiger partial charge in [0, 0.05) is 37.8 Å². The highest BCUT2D eigenvalue weighted by Gasteiger charge is 2.22. The topological polar surface area (TPSA) is 58.1 Å². The standard InChI is InChI=1S/C19H30N4O2/c1-2-20-19(22-17-7-8-17)21-15-16-5-3-4-6-18(16)25-14-11-23-9-12-24-13-10-23/h3-6,17H,2,7-15H2,1H3,(H2,20,21,22). The zero-order valence-electron chi connectivity index (χ0n) is 15.2. The minimum absolute atomic E-state index is 0.595. The molecule has 1 aliphatic carbocycles. The largest absolute Gasteiger partial charge is 0.492 e. The number of morpholine rings is 1. The summed E-state index contributed by atoms with van der Waals surface area (Å²) >= 11 is 0. The Hall–Kier alpha value is -1.79. The minimum Gasteiger partial charge on any atom is -0.492 e. The second-order valence-corrected chi connectivity index (χ2v) is 6.52. The second-order valence-electron chi connectivity index (χ2n) is 6.52. The van der Waals surface area contributed by atoms with Crippen LogP contribution in [0.4, 0.5) is 0 Å². The first-order valence-electron chi connectivity index (χ1n) is 9.41. The average Bonchev–Trinajstić information content (AvgIpc) is 3.46. The van der Waals surface area contributed by atoms with Crippen LogP contribution in [0.25, 0.3) is 0 Å². The molecule has 2 fully saturated rings. The molecule has 1 aliphatic heterocycles. The summed E-state index contributed by atoms with van der Waals surface area (Å²) in [5.74, 6) is 1.83. The quantitative estimate of drug-likeness (QED) is 0.553. The van der Waals surface area contributed by atoms with E-state index in [9.17, 15) is 0 Å². The van der Waals surface area contributed by atoms with E-state index in [2.05, 4.69) is 28.5 Å². The molecule has 0 bridgehead atoms. The van der Waals surface area contributed by atoms with Crippen LogP contribution in [0, 0.1) is 0 Å². The lowest BCUT2D eigenvalue weighted by atomic mass is 10.2. The highest BCUT2D eigenvalue weighted by molar-refractivity contribution is 5.80. The minimum atomic E-state index is 0.595. The fourth-order valence-corrected chi connectivity index (χ4v) is 2.79. The molecule has 3 rings (SSSR count). The number of guanidine groups is 1. The van der Waals surface area contributed by atoms with Crippen molar-refractivity contribution in [1.29, 1.82) is 0 Å². The third-order valence-corrected chi connectivity index (χ3v) is 4.41. The molecule has 1 heterocycles. The van der Waals surface area contributed by atoms with Crippen LogP contribution in [-0.2, 0) is 11.3 Å². The number of aliphatic imine (C=N–C) groups is 1. The van der Waals surface area contributed by atoms with E-state index in [0.717, 1.165) is 56.7 Å². The molecule has 25 heavy (non-hydrogen) atoms. The Morgan fingerprint density at radius 3 is 2.84 bits per heavy atom. The van der Waals surface area contributed by atoms with Crippen molar-refractivity contribution in [3.8, 4) is 5.75 Å². The fraction of sp³-hybridized carbons (Fsp3) is 0.632. The van der Waals surface area contributed by atoms with Crippen LogP contribution in [0.5, 0.6) is 5.75 Å². The highest BCUT2D eigenvalue weighted by Crippen LogP contribution is 2.20. The van der Waals surface area contributed by atoms with Crippen LogP contribution in [0.1, 0.15) is 25.3 Å². The number of nitrogens with one attached hydrogen (secondary N) is 2. The van der Waals surface area contributed by atoms with Gasteiger partial charge in [0.05, 0.1) is 19.8 Å². The Morgan fingerprint density at radius 2 is 2.08 bits per heavy atom. The summed E-state index contributed by atoms with van der Waals surface area (Å²) in [5, 5.41) is 6.76. The Morgan fingerprint density at radius 1 is 1.28 bits per heavy atom. The maximum atomic E-state index is 6.03. The lowest BCUT2D eigenvalue weighted by Crippen LogP contribution is -2.38. The van der Waals surface area contributed by atoms with Gasteiger partial charge in [0.15, 0.2) is 5.96 Å². The van der Waals surface area contributed by atoms with Gasteiger partial charge in [0.2, 0.25) is 0 Å². The zero-order valence-corrected chi connectivity index (χ0v) is 15.2. The molecule has 1 saturated heterocycles. The molecule has 1 aromatic rings. The summed E-state index contributed by atoms with van der Waals surface area (Å²) in [4.78, 5) is 7.09. The van der Waals surface area contributed by atoms with Crippen molar-refractivity contribution in [3.05, 3.63) is 29.8 Å². The average molecular weight is 346 g/mol. The van der Waals surface area contributed by atoms with Crippen LogP contribution in [0.15, 0.2) is 29.3 Å². The molecule has 2 aliphatic rings. The molecule has 0 spiro atoms. The second kappa shape index (κ2) is 9.63. The first-order valence-corrected chi connectivity index (χ1v) is 9.41. The van der Waals surface area contributed by atoms with E-state index in [-0.39, 0.29) is 0 Å². The predicted octanol–water partition coefficient (Wildman–Crippen LogP) is 1.62. The Kier molecular flexibility index (Phi) is 6.94. The van der Waals surface area contributed by atoms with Crippen LogP contribution in [-0.4, -0.2) is 62.9 Å². The van der Waals surface area contributed by atoms with E-state index in [1.165, 1.54) is 12.8 Å². The maximum Gasteiger partial charge on any atom is 0.191 e. The number of nitrogens with zero attached hydrogens (tertiary/aromatic N) is 2. The Bertz CT molecular complexity index is 554. The summed E-state index contributed by atoms with van der Waals surface area (Å²) in [6, 6.07) is 8.78. The van der Waals surface area contributed by atoms with Gasteiger partial charge in [-0.25, -0.2) is 4.99 Å². The number of para-hydroxylation sites is 1. The fourth-order valence-electron chi connectivity index (χ4n) is 2.79. The monoisotopic (exact) mass is 346 g/mol. The van der Waals surface area contributed by atoms with Gasteiger partial charge in [0.1, 0.15) is 12.4 Å². The Labute approximate surface area is 150 Å². The van der Waals surface area contributed by atoms with Crippen molar-refractivity contribution in [2.24, 2.45) is 4.99 Å². The van der Waals surface area contributed by atoms with E-state index in [4.69, 9.17) is 14.5 Å². The maximum absolute atomic E-state index is 6.03. The van der Waals surface area contributed by atoms with E-state index in [1.54, 1.807) is 0 Å². The van der Waals surface area contributed by atoms with Crippen molar-refractivity contribution in [3.63, 3.8) is 0 Å².